The van der Waals surface area contributed by atoms with Crippen LogP contribution in [0.4, 0.5) is 30.2 Å². The molecule has 1 N–H and O–H groups in total. The number of aliphatic imine (C=N–C) groups is 1. The molecule has 1 aliphatic heterocycles. The first kappa shape index (κ1) is 17.8. The topological polar surface area (TPSA) is 52.9 Å². The van der Waals surface area contributed by atoms with Crippen molar-refractivity contribution < 1.29 is 23.1 Å². The molecule has 0 aliphatic carbocycles. The highest BCUT2D eigenvalue weighted by Gasteiger charge is 2.35. The van der Waals surface area contributed by atoms with E-state index < -0.39 is 17.6 Å². The Hall–Kier alpha value is -3.61. The number of phenolic OH excluding ortho intramolecular Hbond substituents is 1. The third-order valence-corrected chi connectivity index (χ3v) is 4.31. The predicted octanol–water partition coefficient (Wildman–Crippen LogP) is 5.21. The van der Waals surface area contributed by atoms with Gasteiger partial charge in [-0.15, -0.1) is 0 Å². The average Bonchev–Trinajstić information content (AvgIpc) is 2.93. The van der Waals surface area contributed by atoms with Gasteiger partial charge in [-0.05, 0) is 36.4 Å². The van der Waals surface area contributed by atoms with Gasteiger partial charge in [-0.3, -0.25) is 9.69 Å². The maximum atomic E-state index is 13.1. The van der Waals surface area contributed by atoms with Crippen molar-refractivity contribution in [2.24, 2.45) is 4.99 Å². The molecule has 0 saturated heterocycles. The molecule has 7 heteroatoms. The van der Waals surface area contributed by atoms with Gasteiger partial charge in [-0.1, -0.05) is 30.3 Å². The second-order valence-corrected chi connectivity index (χ2v) is 6.19. The molecular formula is C21H13F3N2O2. The van der Waals surface area contributed by atoms with Crippen molar-refractivity contribution in [2.75, 3.05) is 4.90 Å². The van der Waals surface area contributed by atoms with Gasteiger partial charge in [-0.25, -0.2) is 4.99 Å². The number of para-hydroxylation sites is 1. The Morgan fingerprint density at radius 1 is 0.893 bits per heavy atom. The number of carbonyl (C=O) groups is 1. The summed E-state index contributed by atoms with van der Waals surface area (Å²) in [5.74, 6) is -0.490. The third kappa shape index (κ3) is 3.11. The zero-order chi connectivity index (χ0) is 19.9. The van der Waals surface area contributed by atoms with Gasteiger partial charge in [0, 0.05) is 11.6 Å². The minimum Gasteiger partial charge on any atom is -0.508 e. The number of aromatic hydroxyl groups is 1. The van der Waals surface area contributed by atoms with Gasteiger partial charge in [0.25, 0.3) is 5.91 Å². The second-order valence-electron chi connectivity index (χ2n) is 6.19. The summed E-state index contributed by atoms with van der Waals surface area (Å²) in [6, 6.07) is 17.5. The van der Waals surface area contributed by atoms with E-state index in [1.165, 1.54) is 29.2 Å². The molecule has 0 aromatic heterocycles. The maximum absolute atomic E-state index is 13.1. The highest BCUT2D eigenvalue weighted by atomic mass is 19.4. The van der Waals surface area contributed by atoms with Gasteiger partial charge in [0.2, 0.25) is 0 Å². The number of benzene rings is 3. The molecule has 1 aliphatic rings. The highest BCUT2D eigenvalue weighted by Crippen LogP contribution is 2.38. The van der Waals surface area contributed by atoms with Crippen LogP contribution in [0.5, 0.6) is 5.75 Å². The lowest BCUT2D eigenvalue weighted by Crippen LogP contribution is -2.25. The van der Waals surface area contributed by atoms with E-state index in [-0.39, 0.29) is 17.1 Å². The van der Waals surface area contributed by atoms with Gasteiger partial charge in [0.15, 0.2) is 0 Å². The number of carbonyl (C=O) groups excluding carboxylic acids is 1. The van der Waals surface area contributed by atoms with Crippen molar-refractivity contribution in [3.05, 3.63) is 83.9 Å². The Bertz CT molecular complexity index is 1110. The van der Waals surface area contributed by atoms with Crippen LogP contribution in [-0.4, -0.2) is 16.7 Å². The van der Waals surface area contributed by atoms with Crippen molar-refractivity contribution in [3.8, 4) is 5.75 Å². The molecule has 0 bridgehead atoms. The molecule has 0 spiro atoms. The molecule has 0 atom stereocenters. The lowest BCUT2D eigenvalue weighted by atomic mass is 10.1. The Kier molecular flexibility index (Phi) is 4.15. The van der Waals surface area contributed by atoms with Crippen LogP contribution in [0.1, 0.15) is 11.1 Å². The maximum Gasteiger partial charge on any atom is 0.416 e. The second kappa shape index (κ2) is 6.53. The number of hydrogen-bond donors (Lipinski definition) is 1. The quantitative estimate of drug-likeness (QED) is 0.662. The Balaban J connectivity index is 1.83. The predicted molar refractivity (Wildman–Crippen MR) is 99.3 cm³/mol. The molecule has 3 aromatic carbocycles. The Labute approximate surface area is 158 Å². The molecule has 140 valence electrons. The molecule has 0 radical (unpaired) electrons. The number of hydrogen-bond acceptors (Lipinski definition) is 3. The lowest BCUT2D eigenvalue weighted by molar-refractivity contribution is -0.137. The molecular weight excluding hydrogens is 369 g/mol. The van der Waals surface area contributed by atoms with E-state index in [9.17, 15) is 23.1 Å². The SMILES string of the molecule is O=C1C(=Nc2cccc(C(F)(F)F)c2)c2ccccc2N1c1cccc(O)c1. The summed E-state index contributed by atoms with van der Waals surface area (Å²) < 4.78 is 38.9. The monoisotopic (exact) mass is 382 g/mol. The first-order valence-electron chi connectivity index (χ1n) is 8.33. The van der Waals surface area contributed by atoms with Crippen molar-refractivity contribution >= 4 is 28.7 Å². The van der Waals surface area contributed by atoms with Crippen LogP contribution >= 0.6 is 0 Å². The van der Waals surface area contributed by atoms with Crippen LogP contribution in [-0.2, 0) is 11.0 Å². The fourth-order valence-electron chi connectivity index (χ4n) is 3.08. The number of rotatable bonds is 2. The number of anilines is 2. The van der Waals surface area contributed by atoms with Crippen LogP contribution < -0.4 is 4.90 Å². The van der Waals surface area contributed by atoms with Crippen LogP contribution in [0.3, 0.4) is 0 Å². The van der Waals surface area contributed by atoms with Crippen LogP contribution in [0.15, 0.2) is 77.8 Å². The van der Waals surface area contributed by atoms with Gasteiger partial charge in [0.05, 0.1) is 22.6 Å². The summed E-state index contributed by atoms with van der Waals surface area (Å²) in [5, 5.41) is 9.74. The largest absolute Gasteiger partial charge is 0.508 e. The average molecular weight is 382 g/mol. The minimum atomic E-state index is -4.50. The summed E-state index contributed by atoms with van der Waals surface area (Å²) in [5.41, 5.74) is 0.727. The van der Waals surface area contributed by atoms with E-state index in [0.29, 0.717) is 16.9 Å². The molecule has 4 rings (SSSR count). The summed E-state index contributed by atoms with van der Waals surface area (Å²) in [6.45, 7) is 0. The number of halogens is 3. The van der Waals surface area contributed by atoms with E-state index in [1.807, 2.05) is 0 Å². The van der Waals surface area contributed by atoms with Gasteiger partial charge >= 0.3 is 6.18 Å². The lowest BCUT2D eigenvalue weighted by Gasteiger charge is -2.17. The van der Waals surface area contributed by atoms with Crippen LogP contribution in [0.2, 0.25) is 0 Å². The molecule has 28 heavy (non-hydrogen) atoms. The van der Waals surface area contributed by atoms with E-state index in [1.54, 1.807) is 36.4 Å². The molecule has 4 nitrogen and oxygen atoms in total. The Morgan fingerprint density at radius 3 is 2.39 bits per heavy atom. The molecule has 0 saturated carbocycles. The Morgan fingerprint density at radius 2 is 1.64 bits per heavy atom. The third-order valence-electron chi connectivity index (χ3n) is 4.31. The van der Waals surface area contributed by atoms with E-state index >= 15 is 0 Å². The van der Waals surface area contributed by atoms with Crippen molar-refractivity contribution in [3.63, 3.8) is 0 Å². The number of fused-ring (bicyclic) bond motifs is 1. The smallest absolute Gasteiger partial charge is 0.416 e. The number of alkyl halides is 3. The van der Waals surface area contributed by atoms with Crippen molar-refractivity contribution in [1.82, 2.24) is 0 Å². The summed E-state index contributed by atoms with van der Waals surface area (Å²) in [4.78, 5) is 18.6. The van der Waals surface area contributed by atoms with Gasteiger partial charge in [-0.2, -0.15) is 13.2 Å². The summed E-state index contributed by atoms with van der Waals surface area (Å²) >= 11 is 0. The summed E-state index contributed by atoms with van der Waals surface area (Å²) in [7, 11) is 0. The number of phenols is 1. The van der Waals surface area contributed by atoms with Crippen molar-refractivity contribution in [1.29, 1.82) is 0 Å². The first-order valence-corrected chi connectivity index (χ1v) is 8.33. The van der Waals surface area contributed by atoms with Crippen molar-refractivity contribution in [2.45, 2.75) is 6.18 Å². The molecule has 1 amide bonds. The van der Waals surface area contributed by atoms with Crippen LogP contribution in [0, 0.1) is 0 Å². The van der Waals surface area contributed by atoms with E-state index in [2.05, 4.69) is 4.99 Å². The zero-order valence-electron chi connectivity index (χ0n) is 14.3. The minimum absolute atomic E-state index is 0.00829. The number of amides is 1. The first-order chi connectivity index (χ1) is 13.3. The molecule has 1 heterocycles. The van der Waals surface area contributed by atoms with Gasteiger partial charge in [0.1, 0.15) is 11.5 Å². The fraction of sp³-hybridized carbons (Fsp3) is 0.0476. The van der Waals surface area contributed by atoms with Crippen LogP contribution in [0.25, 0.3) is 0 Å². The highest BCUT2D eigenvalue weighted by molar-refractivity contribution is 6.56. The zero-order valence-corrected chi connectivity index (χ0v) is 14.3. The molecule has 0 unspecified atom stereocenters. The van der Waals surface area contributed by atoms with Gasteiger partial charge < -0.3 is 5.11 Å². The summed E-state index contributed by atoms with van der Waals surface area (Å²) in [6.07, 6.45) is -4.50. The molecule has 3 aromatic rings. The normalized spacial score (nSPS) is 15.2. The fourth-order valence-corrected chi connectivity index (χ4v) is 3.08. The standard InChI is InChI=1S/C21H13F3N2O2/c22-21(23,24)13-5-3-6-14(11-13)25-19-17-9-1-2-10-18(17)26(20(19)28)15-7-4-8-16(27)12-15/h1-12,27H. The number of nitrogens with zero attached hydrogens (tertiary/aromatic N) is 2. The molecule has 0 fully saturated rings. The van der Waals surface area contributed by atoms with E-state index in [4.69, 9.17) is 0 Å². The van der Waals surface area contributed by atoms with E-state index in [0.717, 1.165) is 12.1 Å².